The summed E-state index contributed by atoms with van der Waals surface area (Å²) in [6, 6.07) is 28.5. The third-order valence-corrected chi connectivity index (χ3v) is 4.91. The van der Waals surface area contributed by atoms with Crippen molar-refractivity contribution in [1.82, 2.24) is 5.32 Å². The molecule has 1 aliphatic rings. The minimum absolute atomic E-state index is 0.235. The van der Waals surface area contributed by atoms with E-state index >= 15 is 0 Å². The Morgan fingerprint density at radius 1 is 0.840 bits per heavy atom. The summed E-state index contributed by atoms with van der Waals surface area (Å²) in [5, 5.41) is 7.18. The predicted molar refractivity (Wildman–Crippen MR) is 105 cm³/mol. The second-order valence-electron chi connectivity index (χ2n) is 6.63. The molecule has 2 heteroatoms. The van der Waals surface area contributed by atoms with Gasteiger partial charge in [0, 0.05) is 18.8 Å². The molecule has 0 saturated heterocycles. The lowest BCUT2D eigenvalue weighted by Crippen LogP contribution is -2.24. The van der Waals surface area contributed by atoms with Gasteiger partial charge in [-0.3, -0.25) is 0 Å². The van der Waals surface area contributed by atoms with Crippen LogP contribution in [0, 0.1) is 0 Å². The summed E-state index contributed by atoms with van der Waals surface area (Å²) in [5.74, 6) is 0. The number of nitrogens with one attached hydrogen (secondary N) is 2. The first-order chi connectivity index (χ1) is 12.4. The van der Waals surface area contributed by atoms with Gasteiger partial charge in [-0.2, -0.15) is 0 Å². The van der Waals surface area contributed by atoms with E-state index in [9.17, 15) is 0 Å². The molecule has 3 aromatic rings. The topological polar surface area (TPSA) is 24.1 Å². The van der Waals surface area contributed by atoms with E-state index in [1.807, 2.05) is 0 Å². The average molecular weight is 328 g/mol. The normalized spacial score (nSPS) is 12.8. The van der Waals surface area contributed by atoms with Gasteiger partial charge in [-0.25, -0.2) is 0 Å². The van der Waals surface area contributed by atoms with E-state index in [4.69, 9.17) is 0 Å². The third-order valence-electron chi connectivity index (χ3n) is 4.91. The summed E-state index contributed by atoms with van der Waals surface area (Å²) < 4.78 is 0. The molecule has 0 aromatic heterocycles. The van der Waals surface area contributed by atoms with Crippen LogP contribution in [0.5, 0.6) is 0 Å². The van der Waals surface area contributed by atoms with Crippen molar-refractivity contribution in [2.75, 3.05) is 18.4 Å². The number of benzene rings is 3. The van der Waals surface area contributed by atoms with Gasteiger partial charge in [-0.05, 0) is 41.2 Å². The Labute approximate surface area is 149 Å². The smallest absolute Gasteiger partial charge is 0.0576 e. The number of fused-ring (bicyclic) bond motifs is 1. The summed E-state index contributed by atoms with van der Waals surface area (Å²) >= 11 is 0. The van der Waals surface area contributed by atoms with Crippen LogP contribution >= 0.6 is 0 Å². The van der Waals surface area contributed by atoms with Crippen LogP contribution in [-0.2, 0) is 12.8 Å². The monoisotopic (exact) mass is 328 g/mol. The summed E-state index contributed by atoms with van der Waals surface area (Å²) in [5.41, 5.74) is 6.80. The molecule has 2 nitrogen and oxygen atoms in total. The maximum Gasteiger partial charge on any atom is 0.0576 e. The molecule has 0 unspecified atom stereocenters. The van der Waals surface area contributed by atoms with Crippen molar-refractivity contribution < 1.29 is 0 Å². The van der Waals surface area contributed by atoms with Crippen molar-refractivity contribution in [3.05, 3.63) is 101 Å². The Morgan fingerprint density at radius 3 is 2.20 bits per heavy atom. The molecule has 1 aliphatic heterocycles. The molecule has 3 aromatic carbocycles. The van der Waals surface area contributed by atoms with Crippen LogP contribution in [0.3, 0.4) is 0 Å². The SMILES string of the molecule is c1ccc(C(NCCc2ccc3c(c2)CCN3)c2ccccc2)cc1. The van der Waals surface area contributed by atoms with Crippen LogP contribution in [0.1, 0.15) is 28.3 Å². The Hall–Kier alpha value is -2.58. The number of rotatable bonds is 6. The highest BCUT2D eigenvalue weighted by Gasteiger charge is 2.13. The van der Waals surface area contributed by atoms with Gasteiger partial charge in [0.15, 0.2) is 0 Å². The lowest BCUT2D eigenvalue weighted by atomic mass is 9.98. The lowest BCUT2D eigenvalue weighted by molar-refractivity contribution is 0.606. The molecule has 0 fully saturated rings. The van der Waals surface area contributed by atoms with E-state index in [-0.39, 0.29) is 6.04 Å². The average Bonchev–Trinajstić information content (AvgIpc) is 3.14. The third kappa shape index (κ3) is 3.75. The Kier molecular flexibility index (Phi) is 4.80. The second kappa shape index (κ2) is 7.54. The molecule has 4 rings (SSSR count). The summed E-state index contributed by atoms with van der Waals surface area (Å²) in [4.78, 5) is 0. The van der Waals surface area contributed by atoms with Crippen LogP contribution in [-0.4, -0.2) is 13.1 Å². The van der Waals surface area contributed by atoms with E-state index in [1.54, 1.807) is 0 Å². The fourth-order valence-corrected chi connectivity index (χ4v) is 3.59. The van der Waals surface area contributed by atoms with Gasteiger partial charge in [0.05, 0.1) is 6.04 Å². The predicted octanol–water partition coefficient (Wildman–Crippen LogP) is 4.58. The minimum atomic E-state index is 0.235. The molecule has 0 radical (unpaired) electrons. The van der Waals surface area contributed by atoms with E-state index in [0.717, 1.165) is 25.9 Å². The highest BCUT2D eigenvalue weighted by molar-refractivity contribution is 5.56. The van der Waals surface area contributed by atoms with Gasteiger partial charge in [0.25, 0.3) is 0 Å². The molecule has 0 amide bonds. The van der Waals surface area contributed by atoms with Gasteiger partial charge in [0.2, 0.25) is 0 Å². The first kappa shape index (κ1) is 15.9. The fourth-order valence-electron chi connectivity index (χ4n) is 3.59. The zero-order valence-corrected chi connectivity index (χ0v) is 14.4. The summed E-state index contributed by atoms with van der Waals surface area (Å²) in [6.07, 6.45) is 2.19. The largest absolute Gasteiger partial charge is 0.384 e. The molecule has 126 valence electrons. The van der Waals surface area contributed by atoms with Crippen molar-refractivity contribution in [1.29, 1.82) is 0 Å². The number of anilines is 1. The van der Waals surface area contributed by atoms with Crippen molar-refractivity contribution >= 4 is 5.69 Å². The van der Waals surface area contributed by atoms with Crippen LogP contribution in [0.2, 0.25) is 0 Å². The molecule has 0 atom stereocenters. The maximum absolute atomic E-state index is 3.75. The molecule has 0 aliphatic carbocycles. The molecule has 25 heavy (non-hydrogen) atoms. The van der Waals surface area contributed by atoms with Crippen molar-refractivity contribution in [3.63, 3.8) is 0 Å². The lowest BCUT2D eigenvalue weighted by Gasteiger charge is -2.20. The van der Waals surface area contributed by atoms with Crippen molar-refractivity contribution in [3.8, 4) is 0 Å². The molecular formula is C23H24N2. The Morgan fingerprint density at radius 2 is 1.52 bits per heavy atom. The molecule has 0 bridgehead atoms. The minimum Gasteiger partial charge on any atom is -0.384 e. The van der Waals surface area contributed by atoms with Crippen molar-refractivity contribution in [2.45, 2.75) is 18.9 Å². The van der Waals surface area contributed by atoms with Gasteiger partial charge >= 0.3 is 0 Å². The molecular weight excluding hydrogens is 304 g/mol. The zero-order chi connectivity index (χ0) is 16.9. The van der Waals surface area contributed by atoms with E-state index in [2.05, 4.69) is 89.5 Å². The number of hydrogen-bond donors (Lipinski definition) is 2. The highest BCUT2D eigenvalue weighted by Crippen LogP contribution is 2.24. The molecule has 1 heterocycles. The highest BCUT2D eigenvalue weighted by atomic mass is 14.9. The van der Waals surface area contributed by atoms with Crippen LogP contribution < -0.4 is 10.6 Å². The first-order valence-electron chi connectivity index (χ1n) is 9.09. The van der Waals surface area contributed by atoms with E-state index < -0.39 is 0 Å². The summed E-state index contributed by atoms with van der Waals surface area (Å²) in [6.45, 7) is 2.03. The molecule has 2 N–H and O–H groups in total. The standard InChI is InChI=1S/C23H24N2/c1-3-7-19(8-4-1)23(20-9-5-2-6-10-20)25-15-13-18-11-12-22-21(17-18)14-16-24-22/h1-12,17,23-25H,13-16H2. The van der Waals surface area contributed by atoms with Crippen LogP contribution in [0.15, 0.2) is 78.9 Å². The summed E-state index contributed by atoms with van der Waals surface area (Å²) in [7, 11) is 0. The molecule has 0 spiro atoms. The van der Waals surface area contributed by atoms with Gasteiger partial charge in [-0.15, -0.1) is 0 Å². The Balaban J connectivity index is 1.46. The number of hydrogen-bond acceptors (Lipinski definition) is 2. The quantitative estimate of drug-likeness (QED) is 0.692. The van der Waals surface area contributed by atoms with E-state index in [0.29, 0.717) is 0 Å². The fraction of sp³-hybridized carbons (Fsp3) is 0.217. The van der Waals surface area contributed by atoms with Crippen LogP contribution in [0.4, 0.5) is 5.69 Å². The van der Waals surface area contributed by atoms with Crippen LogP contribution in [0.25, 0.3) is 0 Å². The van der Waals surface area contributed by atoms with Gasteiger partial charge in [0.1, 0.15) is 0 Å². The van der Waals surface area contributed by atoms with Crippen molar-refractivity contribution in [2.24, 2.45) is 0 Å². The second-order valence-corrected chi connectivity index (χ2v) is 6.63. The molecule has 0 saturated carbocycles. The van der Waals surface area contributed by atoms with Gasteiger partial charge < -0.3 is 10.6 Å². The maximum atomic E-state index is 3.75. The van der Waals surface area contributed by atoms with E-state index in [1.165, 1.54) is 27.9 Å². The zero-order valence-electron chi connectivity index (χ0n) is 14.4. The van der Waals surface area contributed by atoms with Gasteiger partial charge in [-0.1, -0.05) is 72.8 Å². The first-order valence-corrected chi connectivity index (χ1v) is 9.09. The Bertz CT molecular complexity index is 773.